The molecule has 20 heavy (non-hydrogen) atoms. The second kappa shape index (κ2) is 6.06. The lowest BCUT2D eigenvalue weighted by Crippen LogP contribution is -2.29. The van der Waals surface area contributed by atoms with Crippen LogP contribution < -0.4 is 0 Å². The van der Waals surface area contributed by atoms with E-state index in [9.17, 15) is 5.11 Å². The van der Waals surface area contributed by atoms with Crippen molar-refractivity contribution in [2.45, 2.75) is 45.3 Å². The van der Waals surface area contributed by atoms with Crippen LogP contribution in [0, 0.1) is 0 Å². The van der Waals surface area contributed by atoms with Gasteiger partial charge in [0.05, 0.1) is 5.60 Å². The third kappa shape index (κ3) is 3.10. The van der Waals surface area contributed by atoms with Gasteiger partial charge < -0.3 is 5.11 Å². The highest BCUT2D eigenvalue weighted by molar-refractivity contribution is 9.10. The molecule has 0 amide bonds. The smallest absolute Gasteiger partial charge is 0.138 e. The van der Waals surface area contributed by atoms with Crippen LogP contribution >= 0.6 is 15.9 Å². The molecule has 0 spiro atoms. The summed E-state index contributed by atoms with van der Waals surface area (Å²) < 4.78 is 2.82. The maximum atomic E-state index is 11.0. The van der Waals surface area contributed by atoms with E-state index in [0.29, 0.717) is 12.8 Å². The Kier molecular flexibility index (Phi) is 4.60. The topological polar surface area (TPSA) is 50.9 Å². The molecule has 1 aromatic carbocycles. The molecular formula is C15H20BrN3O. The largest absolute Gasteiger partial charge is 0.385 e. The van der Waals surface area contributed by atoms with Crippen molar-refractivity contribution in [3.8, 4) is 0 Å². The molecule has 1 heterocycles. The van der Waals surface area contributed by atoms with Crippen LogP contribution in [0.15, 0.2) is 35.1 Å². The Morgan fingerprint density at radius 2 is 2.15 bits per heavy atom. The Bertz CT molecular complexity index is 582. The molecule has 2 rings (SSSR count). The number of rotatable bonds is 5. The summed E-state index contributed by atoms with van der Waals surface area (Å²) in [6, 6.07) is 8.03. The lowest BCUT2D eigenvalue weighted by Gasteiger charge is -2.27. The fraction of sp³-hybridized carbons (Fsp3) is 0.467. The van der Waals surface area contributed by atoms with E-state index in [-0.39, 0.29) is 6.04 Å². The van der Waals surface area contributed by atoms with Crippen LogP contribution in [0.2, 0.25) is 0 Å². The predicted octanol–water partition coefficient (Wildman–Crippen LogP) is 3.46. The summed E-state index contributed by atoms with van der Waals surface area (Å²) in [7, 11) is 0. The zero-order valence-corrected chi connectivity index (χ0v) is 13.6. The molecule has 0 fully saturated rings. The van der Waals surface area contributed by atoms with Crippen molar-refractivity contribution >= 4 is 15.9 Å². The number of aliphatic hydroxyl groups is 1. The molecule has 4 nitrogen and oxygen atoms in total. The van der Waals surface area contributed by atoms with E-state index in [0.717, 1.165) is 15.9 Å². The minimum Gasteiger partial charge on any atom is -0.385 e. The Labute approximate surface area is 128 Å². The quantitative estimate of drug-likeness (QED) is 0.908. The lowest BCUT2D eigenvalue weighted by molar-refractivity contribution is 0.0293. The second-order valence-corrected chi connectivity index (χ2v) is 6.20. The van der Waals surface area contributed by atoms with Crippen molar-refractivity contribution in [2.75, 3.05) is 0 Å². The van der Waals surface area contributed by atoms with Gasteiger partial charge >= 0.3 is 0 Å². The molecule has 0 bridgehead atoms. The van der Waals surface area contributed by atoms with Gasteiger partial charge in [0.25, 0.3) is 0 Å². The van der Waals surface area contributed by atoms with E-state index in [4.69, 9.17) is 0 Å². The maximum absolute atomic E-state index is 11.0. The summed E-state index contributed by atoms with van der Waals surface area (Å²) >= 11 is 3.46. The normalized spacial score (nSPS) is 14.5. The molecule has 0 aliphatic carbocycles. The third-order valence-corrected chi connectivity index (χ3v) is 4.03. The molecule has 0 aliphatic heterocycles. The van der Waals surface area contributed by atoms with Gasteiger partial charge in [-0.3, -0.25) is 0 Å². The molecule has 0 saturated carbocycles. The Balaban J connectivity index is 2.34. The summed E-state index contributed by atoms with van der Waals surface area (Å²) in [6.07, 6.45) is 2.62. The number of nitrogens with zero attached hydrogens (tertiary/aromatic N) is 3. The fourth-order valence-electron chi connectivity index (χ4n) is 2.30. The minimum absolute atomic E-state index is 0.233. The Morgan fingerprint density at radius 1 is 1.40 bits per heavy atom. The van der Waals surface area contributed by atoms with Crippen LogP contribution in [0.25, 0.3) is 0 Å². The van der Waals surface area contributed by atoms with Crippen molar-refractivity contribution < 1.29 is 5.11 Å². The van der Waals surface area contributed by atoms with E-state index < -0.39 is 5.60 Å². The predicted molar refractivity (Wildman–Crippen MR) is 82.4 cm³/mol. The Hall–Kier alpha value is -1.20. The van der Waals surface area contributed by atoms with Gasteiger partial charge in [-0.1, -0.05) is 35.0 Å². The van der Waals surface area contributed by atoms with Crippen molar-refractivity contribution in [2.24, 2.45) is 0 Å². The minimum atomic E-state index is -0.927. The number of benzene rings is 1. The number of halogens is 1. The molecule has 1 aromatic heterocycles. The highest BCUT2D eigenvalue weighted by Gasteiger charge is 2.30. The van der Waals surface area contributed by atoms with Crippen LogP contribution in [-0.2, 0) is 12.0 Å². The van der Waals surface area contributed by atoms with Crippen molar-refractivity contribution in [1.29, 1.82) is 0 Å². The van der Waals surface area contributed by atoms with Gasteiger partial charge in [0.2, 0.25) is 0 Å². The molecule has 2 aromatic rings. The first-order valence-corrected chi connectivity index (χ1v) is 7.62. The number of aromatic nitrogens is 3. The van der Waals surface area contributed by atoms with Crippen LogP contribution in [0.4, 0.5) is 0 Å². The standard InChI is InChI=1S/C15H20BrN3O/c1-4-15(20,12-6-5-7-13(16)8-12)9-14-17-10-18-19(14)11(2)3/h5-8,10-11,20H,4,9H2,1-3H3. The molecule has 0 radical (unpaired) electrons. The summed E-state index contributed by atoms with van der Waals surface area (Å²) in [5, 5.41) is 15.2. The third-order valence-electron chi connectivity index (χ3n) is 3.53. The van der Waals surface area contributed by atoms with Gasteiger partial charge in [-0.15, -0.1) is 0 Å². The number of hydrogen-bond donors (Lipinski definition) is 1. The monoisotopic (exact) mass is 337 g/mol. The molecule has 1 unspecified atom stereocenters. The first kappa shape index (κ1) is 15.2. The molecule has 0 saturated heterocycles. The molecule has 108 valence electrons. The van der Waals surface area contributed by atoms with E-state index in [1.807, 2.05) is 35.9 Å². The first-order chi connectivity index (χ1) is 9.46. The van der Waals surface area contributed by atoms with E-state index in [2.05, 4.69) is 39.9 Å². The van der Waals surface area contributed by atoms with E-state index in [1.54, 1.807) is 6.33 Å². The van der Waals surface area contributed by atoms with Crippen LogP contribution in [0.3, 0.4) is 0 Å². The van der Waals surface area contributed by atoms with Gasteiger partial charge in [-0.25, -0.2) is 9.67 Å². The SMILES string of the molecule is CCC(O)(Cc1ncnn1C(C)C)c1cccc(Br)c1. The Morgan fingerprint density at radius 3 is 2.75 bits per heavy atom. The summed E-state index contributed by atoms with van der Waals surface area (Å²) in [4.78, 5) is 4.30. The zero-order valence-electron chi connectivity index (χ0n) is 12.0. The average molecular weight is 338 g/mol. The van der Waals surface area contributed by atoms with Crippen molar-refractivity contribution in [3.63, 3.8) is 0 Å². The highest BCUT2D eigenvalue weighted by atomic mass is 79.9. The lowest BCUT2D eigenvalue weighted by atomic mass is 9.87. The summed E-state index contributed by atoms with van der Waals surface area (Å²) in [5.74, 6) is 0.810. The van der Waals surface area contributed by atoms with Crippen LogP contribution in [-0.4, -0.2) is 19.9 Å². The highest BCUT2D eigenvalue weighted by Crippen LogP contribution is 2.30. The van der Waals surface area contributed by atoms with Crippen molar-refractivity contribution in [3.05, 3.63) is 46.5 Å². The fourth-order valence-corrected chi connectivity index (χ4v) is 2.70. The zero-order chi connectivity index (χ0) is 14.8. The second-order valence-electron chi connectivity index (χ2n) is 5.29. The van der Waals surface area contributed by atoms with E-state index in [1.165, 1.54) is 0 Å². The number of hydrogen-bond acceptors (Lipinski definition) is 3. The molecule has 0 aliphatic rings. The molecular weight excluding hydrogens is 318 g/mol. The first-order valence-electron chi connectivity index (χ1n) is 6.83. The molecule has 1 N–H and O–H groups in total. The summed E-state index contributed by atoms with van der Waals surface area (Å²) in [5.41, 5.74) is -0.0311. The van der Waals surface area contributed by atoms with E-state index >= 15 is 0 Å². The van der Waals surface area contributed by atoms with Gasteiger partial charge in [-0.05, 0) is 38.0 Å². The van der Waals surface area contributed by atoms with Crippen molar-refractivity contribution in [1.82, 2.24) is 14.8 Å². The van der Waals surface area contributed by atoms with Crippen LogP contribution in [0.5, 0.6) is 0 Å². The van der Waals surface area contributed by atoms with Gasteiger partial charge in [0.15, 0.2) is 0 Å². The van der Waals surface area contributed by atoms with Gasteiger partial charge in [0, 0.05) is 16.9 Å². The van der Waals surface area contributed by atoms with Gasteiger partial charge in [0.1, 0.15) is 12.2 Å². The molecule has 1 atom stereocenters. The average Bonchev–Trinajstić information content (AvgIpc) is 2.86. The van der Waals surface area contributed by atoms with Crippen LogP contribution in [0.1, 0.15) is 44.6 Å². The summed E-state index contributed by atoms with van der Waals surface area (Å²) in [6.45, 7) is 6.10. The molecule has 5 heteroatoms. The van der Waals surface area contributed by atoms with Gasteiger partial charge in [-0.2, -0.15) is 5.10 Å². The maximum Gasteiger partial charge on any atom is 0.138 e.